The van der Waals surface area contributed by atoms with E-state index in [1.807, 2.05) is 24.3 Å². The zero-order chi connectivity index (χ0) is 16.9. The third-order valence-electron chi connectivity index (χ3n) is 3.51. The van der Waals surface area contributed by atoms with E-state index in [0.717, 1.165) is 16.5 Å². The van der Waals surface area contributed by atoms with Gasteiger partial charge in [0.1, 0.15) is 18.1 Å². The average molecular weight is 361 g/mol. The van der Waals surface area contributed by atoms with Crippen LogP contribution in [0.1, 0.15) is 11.3 Å². The summed E-state index contributed by atoms with van der Waals surface area (Å²) in [5.74, 6) is 1.40. The quantitative estimate of drug-likeness (QED) is 0.642. The molecule has 3 aromatic rings. The van der Waals surface area contributed by atoms with Crippen molar-refractivity contribution in [3.63, 3.8) is 0 Å². The fraction of sp³-hybridized carbons (Fsp3) is 0.167. The molecule has 1 heterocycles. The summed E-state index contributed by atoms with van der Waals surface area (Å²) in [6.07, 6.45) is 0. The maximum absolute atomic E-state index is 8.94. The van der Waals surface area contributed by atoms with E-state index in [-0.39, 0.29) is 0 Å². The lowest BCUT2D eigenvalue weighted by Crippen LogP contribution is -2.20. The summed E-state index contributed by atoms with van der Waals surface area (Å²) < 4.78 is 11.0. The summed E-state index contributed by atoms with van der Waals surface area (Å²) in [5.41, 5.74) is 0.606. The van der Waals surface area contributed by atoms with Crippen molar-refractivity contribution in [1.82, 2.24) is 5.32 Å². The number of rotatable bonds is 6. The Bertz CT molecular complexity index is 900. The standard InChI is InChI=1S/C18H14Cl2N2O2/c19-17-6-3-14(24-17)11-22-7-8-23-16-5-2-13-9-12(10-21)1-4-15(13)18(16)20/h1-6,9,22H,7-8,11H2. The van der Waals surface area contributed by atoms with E-state index in [2.05, 4.69) is 11.4 Å². The molecular formula is C18H14Cl2N2O2. The maximum atomic E-state index is 8.94. The van der Waals surface area contributed by atoms with Crippen molar-refractivity contribution >= 4 is 34.0 Å². The van der Waals surface area contributed by atoms with E-state index in [4.69, 9.17) is 37.6 Å². The van der Waals surface area contributed by atoms with Crippen molar-refractivity contribution in [2.24, 2.45) is 0 Å². The molecule has 0 radical (unpaired) electrons. The SMILES string of the molecule is N#Cc1ccc2c(Cl)c(OCCNCc3ccc(Cl)o3)ccc2c1. The fourth-order valence-electron chi connectivity index (χ4n) is 2.34. The van der Waals surface area contributed by atoms with Crippen LogP contribution in [-0.4, -0.2) is 13.2 Å². The number of hydrogen-bond acceptors (Lipinski definition) is 4. The fourth-order valence-corrected chi connectivity index (χ4v) is 2.80. The van der Waals surface area contributed by atoms with Crippen molar-refractivity contribution in [2.45, 2.75) is 6.54 Å². The van der Waals surface area contributed by atoms with Gasteiger partial charge in [-0.1, -0.05) is 23.7 Å². The number of nitrogens with one attached hydrogen (secondary N) is 1. The second-order valence-electron chi connectivity index (χ2n) is 5.16. The Hall–Kier alpha value is -2.19. The molecular weight excluding hydrogens is 347 g/mol. The molecule has 122 valence electrons. The van der Waals surface area contributed by atoms with Crippen LogP contribution in [0.5, 0.6) is 5.75 Å². The van der Waals surface area contributed by atoms with Gasteiger partial charge in [0.05, 0.1) is 23.2 Å². The molecule has 3 rings (SSSR count). The van der Waals surface area contributed by atoms with Gasteiger partial charge in [-0.25, -0.2) is 0 Å². The average Bonchev–Trinajstić information content (AvgIpc) is 3.01. The number of halogens is 2. The van der Waals surface area contributed by atoms with E-state index in [0.29, 0.717) is 41.3 Å². The molecule has 4 nitrogen and oxygen atoms in total. The van der Waals surface area contributed by atoms with Crippen LogP contribution < -0.4 is 10.1 Å². The van der Waals surface area contributed by atoms with E-state index >= 15 is 0 Å². The Labute approximate surface area is 149 Å². The van der Waals surface area contributed by atoms with Gasteiger partial charge in [0.25, 0.3) is 0 Å². The Morgan fingerprint density at radius 2 is 2.00 bits per heavy atom. The molecule has 0 aliphatic rings. The first kappa shape index (κ1) is 16.7. The van der Waals surface area contributed by atoms with Gasteiger partial charge in [-0.3, -0.25) is 0 Å². The lowest BCUT2D eigenvalue weighted by atomic mass is 10.1. The van der Waals surface area contributed by atoms with Gasteiger partial charge in [0.15, 0.2) is 5.22 Å². The normalized spacial score (nSPS) is 10.7. The van der Waals surface area contributed by atoms with Crippen LogP contribution >= 0.6 is 23.2 Å². The Morgan fingerprint density at radius 1 is 1.12 bits per heavy atom. The summed E-state index contributed by atoms with van der Waals surface area (Å²) >= 11 is 12.1. The second kappa shape index (κ2) is 7.59. The van der Waals surface area contributed by atoms with Crippen LogP contribution in [0.3, 0.4) is 0 Å². The van der Waals surface area contributed by atoms with Crippen LogP contribution in [0.25, 0.3) is 10.8 Å². The maximum Gasteiger partial charge on any atom is 0.193 e. The van der Waals surface area contributed by atoms with Gasteiger partial charge in [-0.15, -0.1) is 0 Å². The van der Waals surface area contributed by atoms with Crippen molar-refractivity contribution in [3.05, 3.63) is 64.0 Å². The van der Waals surface area contributed by atoms with Crippen molar-refractivity contribution in [2.75, 3.05) is 13.2 Å². The summed E-state index contributed by atoms with van der Waals surface area (Å²) in [6, 6.07) is 14.8. The van der Waals surface area contributed by atoms with Crippen LogP contribution in [0.2, 0.25) is 10.2 Å². The van der Waals surface area contributed by atoms with Crippen molar-refractivity contribution in [1.29, 1.82) is 5.26 Å². The molecule has 0 unspecified atom stereocenters. The molecule has 0 atom stereocenters. The van der Waals surface area contributed by atoms with E-state index < -0.39 is 0 Å². The number of ether oxygens (including phenoxy) is 1. The molecule has 6 heteroatoms. The minimum atomic E-state index is 0.380. The second-order valence-corrected chi connectivity index (χ2v) is 5.91. The molecule has 0 aliphatic heterocycles. The van der Waals surface area contributed by atoms with Crippen molar-refractivity contribution in [3.8, 4) is 11.8 Å². The van der Waals surface area contributed by atoms with E-state index in [9.17, 15) is 0 Å². The summed E-state index contributed by atoms with van der Waals surface area (Å²) in [7, 11) is 0. The lowest BCUT2D eigenvalue weighted by Gasteiger charge is -2.10. The topological polar surface area (TPSA) is 58.2 Å². The number of hydrogen-bond donors (Lipinski definition) is 1. The molecule has 0 bridgehead atoms. The summed E-state index contributed by atoms with van der Waals surface area (Å²) in [5, 5.41) is 14.9. The highest BCUT2D eigenvalue weighted by Gasteiger charge is 2.07. The van der Waals surface area contributed by atoms with Crippen molar-refractivity contribution < 1.29 is 9.15 Å². The Morgan fingerprint density at radius 3 is 2.75 bits per heavy atom. The van der Waals surface area contributed by atoms with Crippen LogP contribution in [0, 0.1) is 11.3 Å². The highest BCUT2D eigenvalue weighted by molar-refractivity contribution is 6.37. The molecule has 0 fully saturated rings. The van der Waals surface area contributed by atoms with E-state index in [1.165, 1.54) is 0 Å². The number of fused-ring (bicyclic) bond motifs is 1. The van der Waals surface area contributed by atoms with Crippen LogP contribution in [-0.2, 0) is 6.54 Å². The molecule has 1 N–H and O–H groups in total. The Balaban J connectivity index is 1.57. The smallest absolute Gasteiger partial charge is 0.193 e. The van der Waals surface area contributed by atoms with Crippen LogP contribution in [0.4, 0.5) is 0 Å². The molecule has 2 aromatic carbocycles. The largest absolute Gasteiger partial charge is 0.491 e. The first-order chi connectivity index (χ1) is 11.7. The van der Waals surface area contributed by atoms with Gasteiger partial charge in [-0.2, -0.15) is 5.26 Å². The molecule has 0 aliphatic carbocycles. The predicted molar refractivity (Wildman–Crippen MR) is 94.6 cm³/mol. The lowest BCUT2D eigenvalue weighted by molar-refractivity contribution is 0.311. The minimum absolute atomic E-state index is 0.380. The third kappa shape index (κ3) is 3.82. The molecule has 0 spiro atoms. The van der Waals surface area contributed by atoms with Crippen LogP contribution in [0.15, 0.2) is 46.9 Å². The number of furan rings is 1. The molecule has 24 heavy (non-hydrogen) atoms. The number of nitrogens with zero attached hydrogens (tertiary/aromatic N) is 1. The van der Waals surface area contributed by atoms with Gasteiger partial charge in [0, 0.05) is 11.9 Å². The summed E-state index contributed by atoms with van der Waals surface area (Å²) in [6.45, 7) is 1.69. The third-order valence-corrected chi connectivity index (χ3v) is 4.11. The summed E-state index contributed by atoms with van der Waals surface area (Å²) in [4.78, 5) is 0. The van der Waals surface area contributed by atoms with E-state index in [1.54, 1.807) is 18.2 Å². The highest BCUT2D eigenvalue weighted by atomic mass is 35.5. The molecule has 1 aromatic heterocycles. The molecule has 0 saturated carbocycles. The van der Waals surface area contributed by atoms with Gasteiger partial charge in [0.2, 0.25) is 0 Å². The molecule has 0 saturated heterocycles. The zero-order valence-corrected chi connectivity index (χ0v) is 14.2. The number of nitriles is 1. The Kier molecular flexibility index (Phi) is 5.27. The monoisotopic (exact) mass is 360 g/mol. The minimum Gasteiger partial charge on any atom is -0.491 e. The van der Waals surface area contributed by atoms with Gasteiger partial charge in [-0.05, 0) is 47.3 Å². The van der Waals surface area contributed by atoms with Gasteiger partial charge < -0.3 is 14.5 Å². The zero-order valence-electron chi connectivity index (χ0n) is 12.7. The molecule has 0 amide bonds. The first-order valence-electron chi connectivity index (χ1n) is 7.37. The highest BCUT2D eigenvalue weighted by Crippen LogP contribution is 2.33. The predicted octanol–water partition coefficient (Wildman–Crippen LogP) is 4.78. The number of benzene rings is 2. The van der Waals surface area contributed by atoms with Gasteiger partial charge >= 0.3 is 0 Å². The first-order valence-corrected chi connectivity index (χ1v) is 8.13.